The first kappa shape index (κ1) is 10.7. The van der Waals surface area contributed by atoms with Gasteiger partial charge in [0.15, 0.2) is 0 Å². The number of hydrogen-bond donors (Lipinski definition) is 1. The van der Waals surface area contributed by atoms with Crippen LogP contribution in [0.3, 0.4) is 0 Å². The minimum absolute atomic E-state index is 0.0479. The highest BCUT2D eigenvalue weighted by Crippen LogP contribution is 2.37. The highest BCUT2D eigenvalue weighted by Gasteiger charge is 2.31. The van der Waals surface area contributed by atoms with Crippen LogP contribution >= 0.6 is 0 Å². The largest absolute Gasteiger partial charge is 0.321 e. The molecule has 1 aliphatic carbocycles. The molecule has 15 heavy (non-hydrogen) atoms. The van der Waals surface area contributed by atoms with Crippen LogP contribution in [-0.4, -0.2) is 0 Å². The second-order valence-corrected chi connectivity index (χ2v) is 4.98. The topological polar surface area (TPSA) is 26.0 Å². The lowest BCUT2D eigenvalue weighted by atomic mass is 9.74. The van der Waals surface area contributed by atoms with Crippen LogP contribution in [-0.2, 0) is 5.54 Å². The smallest absolute Gasteiger partial charge is 0.0414 e. The van der Waals surface area contributed by atoms with Gasteiger partial charge in [0.25, 0.3) is 0 Å². The summed E-state index contributed by atoms with van der Waals surface area (Å²) in [4.78, 5) is 0. The van der Waals surface area contributed by atoms with Gasteiger partial charge in [-0.05, 0) is 43.4 Å². The molecule has 0 atom stereocenters. The average Bonchev–Trinajstić information content (AvgIpc) is 2.18. The Hall–Kier alpha value is -0.820. The Morgan fingerprint density at radius 1 is 1.00 bits per heavy atom. The predicted octanol–water partition coefficient (Wildman–Crippen LogP) is 3.42. The molecule has 82 valence electrons. The van der Waals surface area contributed by atoms with E-state index in [0.717, 1.165) is 12.8 Å². The van der Waals surface area contributed by atoms with Crippen LogP contribution in [0.5, 0.6) is 0 Å². The predicted molar refractivity (Wildman–Crippen MR) is 64.9 cm³/mol. The van der Waals surface area contributed by atoms with Crippen LogP contribution < -0.4 is 5.73 Å². The fourth-order valence-corrected chi connectivity index (χ4v) is 3.03. The monoisotopic (exact) mass is 203 g/mol. The Morgan fingerprint density at radius 2 is 1.53 bits per heavy atom. The molecule has 1 heteroatoms. The van der Waals surface area contributed by atoms with E-state index >= 15 is 0 Å². The van der Waals surface area contributed by atoms with Crippen molar-refractivity contribution in [3.63, 3.8) is 0 Å². The fourth-order valence-electron chi connectivity index (χ4n) is 3.03. The minimum atomic E-state index is -0.0479. The molecule has 1 fully saturated rings. The van der Waals surface area contributed by atoms with Gasteiger partial charge in [-0.1, -0.05) is 37.5 Å². The highest BCUT2D eigenvalue weighted by atomic mass is 14.7. The summed E-state index contributed by atoms with van der Waals surface area (Å²) in [7, 11) is 0. The Balaban J connectivity index is 2.42. The van der Waals surface area contributed by atoms with Gasteiger partial charge in [0.1, 0.15) is 0 Å². The Bertz CT molecular complexity index is 328. The van der Waals surface area contributed by atoms with E-state index in [4.69, 9.17) is 5.73 Å². The molecule has 0 amide bonds. The number of aryl methyl sites for hydroxylation is 2. The van der Waals surface area contributed by atoms with Crippen molar-refractivity contribution in [1.82, 2.24) is 0 Å². The molecule has 1 saturated carbocycles. The Kier molecular flexibility index (Phi) is 2.83. The molecule has 0 aromatic heterocycles. The standard InChI is InChI=1S/C14H21N/c1-11-7-6-8-12(2)13(11)14(15)9-4-3-5-10-14/h6-8H,3-5,9-10,15H2,1-2H3. The van der Waals surface area contributed by atoms with Crippen molar-refractivity contribution in [2.24, 2.45) is 5.73 Å². The number of rotatable bonds is 1. The third-order valence-corrected chi connectivity index (χ3v) is 3.72. The normalized spacial score (nSPS) is 20.2. The highest BCUT2D eigenvalue weighted by molar-refractivity contribution is 5.39. The van der Waals surface area contributed by atoms with Crippen LogP contribution in [0.1, 0.15) is 48.8 Å². The quantitative estimate of drug-likeness (QED) is 0.743. The van der Waals surface area contributed by atoms with Crippen LogP contribution in [0.2, 0.25) is 0 Å². The average molecular weight is 203 g/mol. The molecular weight excluding hydrogens is 182 g/mol. The number of hydrogen-bond acceptors (Lipinski definition) is 1. The molecule has 1 aliphatic rings. The molecule has 2 N–H and O–H groups in total. The molecule has 0 unspecified atom stereocenters. The molecule has 0 saturated heterocycles. The van der Waals surface area contributed by atoms with Gasteiger partial charge < -0.3 is 5.73 Å². The summed E-state index contributed by atoms with van der Waals surface area (Å²) in [5.41, 5.74) is 10.7. The van der Waals surface area contributed by atoms with E-state index < -0.39 is 0 Å². The van der Waals surface area contributed by atoms with Crippen molar-refractivity contribution in [1.29, 1.82) is 0 Å². The van der Waals surface area contributed by atoms with Crippen molar-refractivity contribution in [2.75, 3.05) is 0 Å². The van der Waals surface area contributed by atoms with E-state index in [1.807, 2.05) is 0 Å². The lowest BCUT2D eigenvalue weighted by Gasteiger charge is -2.36. The molecule has 0 heterocycles. The van der Waals surface area contributed by atoms with E-state index in [2.05, 4.69) is 32.0 Å². The Morgan fingerprint density at radius 3 is 2.07 bits per heavy atom. The molecule has 1 aromatic carbocycles. The van der Waals surface area contributed by atoms with Crippen LogP contribution in [0, 0.1) is 13.8 Å². The molecule has 0 bridgehead atoms. The third kappa shape index (κ3) is 1.93. The van der Waals surface area contributed by atoms with Gasteiger partial charge in [0, 0.05) is 5.54 Å². The van der Waals surface area contributed by atoms with E-state index in [0.29, 0.717) is 0 Å². The van der Waals surface area contributed by atoms with Crippen LogP contribution in [0.25, 0.3) is 0 Å². The summed E-state index contributed by atoms with van der Waals surface area (Å²) in [6, 6.07) is 6.50. The maximum absolute atomic E-state index is 6.58. The molecule has 0 spiro atoms. The van der Waals surface area contributed by atoms with Gasteiger partial charge in [-0.15, -0.1) is 0 Å². The maximum Gasteiger partial charge on any atom is 0.0414 e. The molecule has 1 nitrogen and oxygen atoms in total. The van der Waals surface area contributed by atoms with Crippen molar-refractivity contribution in [3.8, 4) is 0 Å². The lowest BCUT2D eigenvalue weighted by molar-refractivity contribution is 0.300. The second-order valence-electron chi connectivity index (χ2n) is 4.98. The Labute approximate surface area is 92.7 Å². The molecule has 0 aliphatic heterocycles. The van der Waals surface area contributed by atoms with E-state index in [9.17, 15) is 0 Å². The van der Waals surface area contributed by atoms with Crippen LogP contribution in [0.15, 0.2) is 18.2 Å². The number of benzene rings is 1. The first-order chi connectivity index (χ1) is 7.13. The summed E-state index contributed by atoms with van der Waals surface area (Å²) < 4.78 is 0. The van der Waals surface area contributed by atoms with Gasteiger partial charge in [0.05, 0.1) is 0 Å². The minimum Gasteiger partial charge on any atom is -0.321 e. The van der Waals surface area contributed by atoms with Crippen LogP contribution in [0.4, 0.5) is 0 Å². The van der Waals surface area contributed by atoms with Gasteiger partial charge in [-0.25, -0.2) is 0 Å². The zero-order chi connectivity index (χ0) is 10.9. The molecule has 2 rings (SSSR count). The lowest BCUT2D eigenvalue weighted by Crippen LogP contribution is -2.39. The van der Waals surface area contributed by atoms with Crippen molar-refractivity contribution in [3.05, 3.63) is 34.9 Å². The summed E-state index contributed by atoms with van der Waals surface area (Å²) in [6.45, 7) is 4.37. The number of nitrogens with two attached hydrogens (primary N) is 1. The maximum atomic E-state index is 6.58. The van der Waals surface area contributed by atoms with Gasteiger partial charge in [-0.3, -0.25) is 0 Å². The second kappa shape index (κ2) is 3.97. The van der Waals surface area contributed by atoms with Crippen molar-refractivity contribution in [2.45, 2.75) is 51.5 Å². The van der Waals surface area contributed by atoms with Gasteiger partial charge in [-0.2, -0.15) is 0 Å². The molecule has 1 aromatic rings. The fraction of sp³-hybridized carbons (Fsp3) is 0.571. The van der Waals surface area contributed by atoms with Gasteiger partial charge in [0.2, 0.25) is 0 Å². The third-order valence-electron chi connectivity index (χ3n) is 3.72. The van der Waals surface area contributed by atoms with E-state index in [1.54, 1.807) is 0 Å². The summed E-state index contributed by atoms with van der Waals surface area (Å²) in [5.74, 6) is 0. The first-order valence-corrected chi connectivity index (χ1v) is 5.99. The first-order valence-electron chi connectivity index (χ1n) is 5.99. The zero-order valence-electron chi connectivity index (χ0n) is 9.84. The van der Waals surface area contributed by atoms with E-state index in [1.165, 1.54) is 36.0 Å². The molecular formula is C14H21N. The van der Waals surface area contributed by atoms with Crippen molar-refractivity contribution >= 4 is 0 Å². The SMILES string of the molecule is Cc1cccc(C)c1C1(N)CCCCC1. The summed E-state index contributed by atoms with van der Waals surface area (Å²) >= 11 is 0. The molecule has 0 radical (unpaired) electrons. The van der Waals surface area contributed by atoms with Crippen molar-refractivity contribution < 1.29 is 0 Å². The summed E-state index contributed by atoms with van der Waals surface area (Å²) in [6.07, 6.45) is 6.22. The summed E-state index contributed by atoms with van der Waals surface area (Å²) in [5, 5.41) is 0. The van der Waals surface area contributed by atoms with Gasteiger partial charge >= 0.3 is 0 Å². The van der Waals surface area contributed by atoms with E-state index in [-0.39, 0.29) is 5.54 Å². The zero-order valence-corrected chi connectivity index (χ0v) is 9.84.